The van der Waals surface area contributed by atoms with Crippen molar-refractivity contribution in [2.24, 2.45) is 0 Å². The van der Waals surface area contributed by atoms with Crippen LogP contribution in [0.1, 0.15) is 18.5 Å². The minimum Gasteiger partial charge on any atom is -0.489 e. The number of urea groups is 1. The highest BCUT2D eigenvalue weighted by Gasteiger charge is 2.36. The number of ether oxygens (including phenoxy) is 1. The Hall–Kier alpha value is -3.29. The first-order valence-corrected chi connectivity index (χ1v) is 8.68. The molecule has 0 aliphatic carbocycles. The van der Waals surface area contributed by atoms with Gasteiger partial charge in [-0.05, 0) is 13.0 Å². The van der Waals surface area contributed by atoms with E-state index < -0.39 is 12.1 Å². The summed E-state index contributed by atoms with van der Waals surface area (Å²) in [5, 5.41) is 8.15. The second-order valence-corrected chi connectivity index (χ2v) is 6.28. The van der Waals surface area contributed by atoms with Crippen molar-refractivity contribution in [2.45, 2.75) is 13.0 Å². The highest BCUT2D eigenvalue weighted by Crippen LogP contribution is 2.34. The van der Waals surface area contributed by atoms with Gasteiger partial charge in [-0.15, -0.1) is 0 Å². The molecule has 27 heavy (non-hydrogen) atoms. The van der Waals surface area contributed by atoms with Crippen molar-refractivity contribution in [1.29, 1.82) is 0 Å². The van der Waals surface area contributed by atoms with E-state index in [0.717, 1.165) is 0 Å². The first-order valence-electron chi connectivity index (χ1n) is 8.68. The van der Waals surface area contributed by atoms with Crippen LogP contribution in [-0.4, -0.2) is 49.0 Å². The number of piperazine rings is 1. The number of benzene rings is 1. The Morgan fingerprint density at radius 1 is 1.37 bits per heavy atom. The number of nitrogens with zero attached hydrogens (tertiary/aromatic N) is 1. The van der Waals surface area contributed by atoms with Gasteiger partial charge in [0.2, 0.25) is 5.91 Å². The molecule has 2 aliphatic heterocycles. The maximum Gasteiger partial charge on any atom is 0.319 e. The van der Waals surface area contributed by atoms with Gasteiger partial charge in [-0.1, -0.05) is 30.9 Å². The second-order valence-electron chi connectivity index (χ2n) is 6.28. The summed E-state index contributed by atoms with van der Waals surface area (Å²) in [6.45, 7) is 6.42. The summed E-state index contributed by atoms with van der Waals surface area (Å²) >= 11 is 0. The number of para-hydroxylation sites is 1. The normalized spacial score (nSPS) is 19.7. The number of rotatable bonds is 5. The van der Waals surface area contributed by atoms with Gasteiger partial charge in [0, 0.05) is 24.4 Å². The van der Waals surface area contributed by atoms with Gasteiger partial charge in [0.05, 0.1) is 18.2 Å². The molecule has 3 rings (SSSR count). The van der Waals surface area contributed by atoms with Crippen LogP contribution in [0, 0.1) is 0 Å². The standard InChI is InChI=1S/C19H22N4O4/c1-3-10-27-14-7-5-4-6-13(14)17-16(12(2)21-19(26)22-17)18(25)23-9-8-20-15(24)11-23/h3-7,17H,1,8-11H2,2H3,(H,20,24)(H2,21,22,26)/t17-/m1/s1. The predicted molar refractivity (Wildman–Crippen MR) is 98.8 cm³/mol. The number of hydrogen-bond acceptors (Lipinski definition) is 4. The van der Waals surface area contributed by atoms with Crippen LogP contribution < -0.4 is 20.7 Å². The fraction of sp³-hybridized carbons (Fsp3) is 0.316. The van der Waals surface area contributed by atoms with Crippen molar-refractivity contribution in [1.82, 2.24) is 20.9 Å². The maximum absolute atomic E-state index is 13.2. The monoisotopic (exact) mass is 370 g/mol. The fourth-order valence-corrected chi connectivity index (χ4v) is 3.19. The molecular weight excluding hydrogens is 348 g/mol. The molecule has 0 radical (unpaired) electrons. The molecule has 4 amide bonds. The van der Waals surface area contributed by atoms with Crippen molar-refractivity contribution in [3.63, 3.8) is 0 Å². The Kier molecular flexibility index (Phi) is 5.44. The number of amides is 4. The fourth-order valence-electron chi connectivity index (χ4n) is 3.19. The molecule has 0 bridgehead atoms. The minimum atomic E-state index is -0.683. The van der Waals surface area contributed by atoms with Crippen molar-refractivity contribution in [3.8, 4) is 5.75 Å². The summed E-state index contributed by atoms with van der Waals surface area (Å²) in [6, 6.07) is 6.13. The molecule has 0 aromatic heterocycles. The van der Waals surface area contributed by atoms with Crippen LogP contribution >= 0.6 is 0 Å². The summed E-state index contributed by atoms with van der Waals surface area (Å²) in [7, 11) is 0. The lowest BCUT2D eigenvalue weighted by Crippen LogP contribution is -2.53. The summed E-state index contributed by atoms with van der Waals surface area (Å²) < 4.78 is 5.70. The number of hydrogen-bond donors (Lipinski definition) is 3. The first-order chi connectivity index (χ1) is 13.0. The molecule has 1 aromatic carbocycles. The molecule has 142 valence electrons. The van der Waals surface area contributed by atoms with Crippen molar-refractivity contribution in [2.75, 3.05) is 26.2 Å². The zero-order chi connectivity index (χ0) is 19.4. The van der Waals surface area contributed by atoms with Gasteiger partial charge in [-0.3, -0.25) is 9.59 Å². The maximum atomic E-state index is 13.2. The quantitative estimate of drug-likeness (QED) is 0.669. The van der Waals surface area contributed by atoms with Crippen LogP contribution in [0.5, 0.6) is 5.75 Å². The minimum absolute atomic E-state index is 0.00904. The van der Waals surface area contributed by atoms with E-state index in [4.69, 9.17) is 4.74 Å². The van der Waals surface area contributed by atoms with E-state index in [1.54, 1.807) is 25.1 Å². The predicted octanol–water partition coefficient (Wildman–Crippen LogP) is 0.838. The van der Waals surface area contributed by atoms with Crippen LogP contribution in [0.3, 0.4) is 0 Å². The van der Waals surface area contributed by atoms with Gasteiger partial charge in [0.1, 0.15) is 12.4 Å². The van der Waals surface area contributed by atoms with Crippen LogP contribution in [0.25, 0.3) is 0 Å². The van der Waals surface area contributed by atoms with Crippen molar-refractivity contribution < 1.29 is 19.1 Å². The number of carbonyl (C=O) groups excluding carboxylic acids is 3. The summed E-state index contributed by atoms with van der Waals surface area (Å²) in [5.41, 5.74) is 1.51. The second kappa shape index (κ2) is 7.94. The molecule has 0 spiro atoms. The number of nitrogens with one attached hydrogen (secondary N) is 3. The van der Waals surface area contributed by atoms with Gasteiger partial charge in [-0.2, -0.15) is 0 Å². The smallest absolute Gasteiger partial charge is 0.319 e. The molecule has 0 saturated carbocycles. The molecule has 3 N–H and O–H groups in total. The average molecular weight is 370 g/mol. The van der Waals surface area contributed by atoms with Gasteiger partial charge >= 0.3 is 6.03 Å². The van der Waals surface area contributed by atoms with E-state index in [1.807, 2.05) is 12.1 Å². The zero-order valence-corrected chi connectivity index (χ0v) is 15.1. The van der Waals surface area contributed by atoms with Gasteiger partial charge < -0.3 is 25.6 Å². The summed E-state index contributed by atoms with van der Waals surface area (Å²) in [5.74, 6) is 0.0596. The van der Waals surface area contributed by atoms with E-state index in [-0.39, 0.29) is 18.4 Å². The Morgan fingerprint density at radius 3 is 2.89 bits per heavy atom. The van der Waals surface area contributed by atoms with E-state index in [1.165, 1.54) is 4.90 Å². The lowest BCUT2D eigenvalue weighted by atomic mass is 9.93. The highest BCUT2D eigenvalue weighted by molar-refractivity contribution is 6.00. The Bertz CT molecular complexity index is 818. The number of allylic oxidation sites excluding steroid dienone is 1. The Balaban J connectivity index is 1.99. The van der Waals surface area contributed by atoms with Crippen LogP contribution in [0.4, 0.5) is 4.79 Å². The van der Waals surface area contributed by atoms with E-state index >= 15 is 0 Å². The van der Waals surface area contributed by atoms with Crippen LogP contribution in [-0.2, 0) is 9.59 Å². The molecule has 1 fully saturated rings. The first kappa shape index (κ1) is 18.5. The number of carbonyl (C=O) groups is 3. The topological polar surface area (TPSA) is 99.8 Å². The molecule has 8 nitrogen and oxygen atoms in total. The lowest BCUT2D eigenvalue weighted by Gasteiger charge is -2.34. The molecule has 2 aliphatic rings. The third-order valence-corrected chi connectivity index (χ3v) is 4.41. The van der Waals surface area contributed by atoms with Gasteiger partial charge in [-0.25, -0.2) is 4.79 Å². The lowest BCUT2D eigenvalue weighted by molar-refractivity contribution is -0.135. The van der Waals surface area contributed by atoms with Gasteiger partial charge in [0.15, 0.2) is 0 Å². The van der Waals surface area contributed by atoms with E-state index in [9.17, 15) is 14.4 Å². The van der Waals surface area contributed by atoms with Crippen LogP contribution in [0.15, 0.2) is 48.2 Å². The van der Waals surface area contributed by atoms with E-state index in [2.05, 4.69) is 22.5 Å². The van der Waals surface area contributed by atoms with Crippen molar-refractivity contribution in [3.05, 3.63) is 53.8 Å². The third kappa shape index (κ3) is 3.94. The zero-order valence-electron chi connectivity index (χ0n) is 15.1. The largest absolute Gasteiger partial charge is 0.489 e. The Morgan fingerprint density at radius 2 is 2.15 bits per heavy atom. The molecule has 8 heteroatoms. The molecule has 1 saturated heterocycles. The third-order valence-electron chi connectivity index (χ3n) is 4.41. The molecule has 2 heterocycles. The molecular formula is C19H22N4O4. The van der Waals surface area contributed by atoms with Gasteiger partial charge in [0.25, 0.3) is 5.91 Å². The Labute approximate surface area is 157 Å². The summed E-state index contributed by atoms with van der Waals surface area (Å²) in [6.07, 6.45) is 1.62. The SMILES string of the molecule is C=CCOc1ccccc1[C@H]1NC(=O)NC(C)=C1C(=O)N1CCNC(=O)C1. The molecule has 0 unspecified atom stereocenters. The summed E-state index contributed by atoms with van der Waals surface area (Å²) in [4.78, 5) is 38.4. The highest BCUT2D eigenvalue weighted by atomic mass is 16.5. The van der Waals surface area contributed by atoms with E-state index in [0.29, 0.717) is 42.3 Å². The molecule has 1 atom stereocenters. The van der Waals surface area contributed by atoms with Crippen molar-refractivity contribution >= 4 is 17.8 Å². The molecule has 1 aromatic rings. The van der Waals surface area contributed by atoms with Crippen LogP contribution in [0.2, 0.25) is 0 Å². The average Bonchev–Trinajstić information content (AvgIpc) is 2.65.